The Morgan fingerprint density at radius 3 is 3.08 bits per heavy atom. The number of nitrogens with zero attached hydrogens (tertiary/aromatic N) is 2. The first-order valence-corrected chi connectivity index (χ1v) is 9.37. The normalized spacial score (nSPS) is 17.4. The van der Waals surface area contributed by atoms with Crippen LogP contribution in [0.1, 0.15) is 29.1 Å². The quantitative estimate of drug-likeness (QED) is 0.807. The summed E-state index contributed by atoms with van der Waals surface area (Å²) in [4.78, 5) is 18.7. The molecular formula is C19H23N3O2S. The molecule has 1 unspecified atom stereocenters. The monoisotopic (exact) mass is 357 g/mol. The summed E-state index contributed by atoms with van der Waals surface area (Å²) in [5.41, 5.74) is 7.54. The van der Waals surface area contributed by atoms with Gasteiger partial charge in [-0.3, -0.25) is 4.79 Å². The van der Waals surface area contributed by atoms with Crippen LogP contribution in [0.5, 0.6) is 5.75 Å². The molecule has 1 amide bonds. The predicted molar refractivity (Wildman–Crippen MR) is 100 cm³/mol. The first-order valence-electron chi connectivity index (χ1n) is 8.49. The number of benzene rings is 1. The van der Waals surface area contributed by atoms with Crippen molar-refractivity contribution in [3.05, 3.63) is 52.0 Å². The van der Waals surface area contributed by atoms with Crippen molar-refractivity contribution in [3.63, 3.8) is 0 Å². The fraction of sp³-hybridized carbons (Fsp3) is 0.368. The number of amides is 1. The molecule has 1 aromatic carbocycles. The molecule has 3 rings (SSSR count). The molecule has 0 aliphatic carbocycles. The molecule has 25 heavy (non-hydrogen) atoms. The SMILES string of the molecule is Cc1nc(COc2ccccc2/C=C/C(=O)N2CCCC2CN)cs1. The van der Waals surface area contributed by atoms with E-state index in [2.05, 4.69) is 4.98 Å². The number of ether oxygens (including phenoxy) is 1. The van der Waals surface area contributed by atoms with Crippen LogP contribution in [-0.2, 0) is 11.4 Å². The third kappa shape index (κ3) is 4.46. The van der Waals surface area contributed by atoms with Crippen molar-refractivity contribution in [1.29, 1.82) is 0 Å². The highest BCUT2D eigenvalue weighted by Crippen LogP contribution is 2.22. The maximum atomic E-state index is 12.4. The molecule has 2 aromatic rings. The maximum Gasteiger partial charge on any atom is 0.246 e. The minimum Gasteiger partial charge on any atom is -0.487 e. The highest BCUT2D eigenvalue weighted by molar-refractivity contribution is 7.09. The summed E-state index contributed by atoms with van der Waals surface area (Å²) in [6, 6.07) is 7.86. The van der Waals surface area contributed by atoms with Crippen molar-refractivity contribution in [2.24, 2.45) is 5.73 Å². The number of carbonyl (C=O) groups is 1. The lowest BCUT2D eigenvalue weighted by atomic mass is 10.1. The van der Waals surface area contributed by atoms with Crippen molar-refractivity contribution >= 4 is 23.3 Å². The lowest BCUT2D eigenvalue weighted by Gasteiger charge is -2.21. The number of hydrogen-bond acceptors (Lipinski definition) is 5. The van der Waals surface area contributed by atoms with E-state index in [1.807, 2.05) is 47.5 Å². The first kappa shape index (κ1) is 17.6. The fourth-order valence-electron chi connectivity index (χ4n) is 3.00. The number of rotatable bonds is 6. The van der Waals surface area contributed by atoms with E-state index in [0.717, 1.165) is 41.4 Å². The van der Waals surface area contributed by atoms with E-state index in [1.165, 1.54) is 0 Å². The minimum atomic E-state index is 0.0119. The molecule has 1 saturated heterocycles. The van der Waals surface area contributed by atoms with Crippen LogP contribution in [0.25, 0.3) is 6.08 Å². The van der Waals surface area contributed by atoms with Gasteiger partial charge in [0.2, 0.25) is 5.91 Å². The van der Waals surface area contributed by atoms with E-state index in [4.69, 9.17) is 10.5 Å². The molecular weight excluding hydrogens is 334 g/mol. The number of nitrogens with two attached hydrogens (primary N) is 1. The van der Waals surface area contributed by atoms with Gasteiger partial charge < -0.3 is 15.4 Å². The second-order valence-electron chi connectivity index (χ2n) is 6.08. The smallest absolute Gasteiger partial charge is 0.246 e. The van der Waals surface area contributed by atoms with E-state index >= 15 is 0 Å². The lowest BCUT2D eigenvalue weighted by molar-refractivity contribution is -0.126. The van der Waals surface area contributed by atoms with E-state index in [0.29, 0.717) is 13.2 Å². The van der Waals surface area contributed by atoms with Gasteiger partial charge in [0.15, 0.2) is 0 Å². The lowest BCUT2D eigenvalue weighted by Crippen LogP contribution is -2.38. The van der Waals surface area contributed by atoms with Crippen molar-refractivity contribution in [3.8, 4) is 5.75 Å². The van der Waals surface area contributed by atoms with E-state index in [1.54, 1.807) is 17.4 Å². The zero-order chi connectivity index (χ0) is 17.6. The highest BCUT2D eigenvalue weighted by Gasteiger charge is 2.25. The van der Waals surface area contributed by atoms with Gasteiger partial charge in [0.1, 0.15) is 12.4 Å². The largest absolute Gasteiger partial charge is 0.487 e. The average molecular weight is 357 g/mol. The van der Waals surface area contributed by atoms with Gasteiger partial charge in [-0.05, 0) is 31.9 Å². The van der Waals surface area contributed by atoms with E-state index < -0.39 is 0 Å². The van der Waals surface area contributed by atoms with Crippen LogP contribution in [0.15, 0.2) is 35.7 Å². The summed E-state index contributed by atoms with van der Waals surface area (Å²) >= 11 is 1.61. The molecule has 0 saturated carbocycles. The number of likely N-dealkylation sites (tertiary alicyclic amines) is 1. The van der Waals surface area contributed by atoms with Gasteiger partial charge in [0.25, 0.3) is 0 Å². The molecule has 5 nitrogen and oxygen atoms in total. The highest BCUT2D eigenvalue weighted by atomic mass is 32.1. The number of carbonyl (C=O) groups excluding carboxylic acids is 1. The van der Waals surface area contributed by atoms with Crippen molar-refractivity contribution in [2.45, 2.75) is 32.4 Å². The summed E-state index contributed by atoms with van der Waals surface area (Å²) in [5, 5.41) is 3.02. The maximum absolute atomic E-state index is 12.4. The topological polar surface area (TPSA) is 68.5 Å². The summed E-state index contributed by atoms with van der Waals surface area (Å²) < 4.78 is 5.88. The van der Waals surface area contributed by atoms with Crippen LogP contribution in [0, 0.1) is 6.92 Å². The zero-order valence-electron chi connectivity index (χ0n) is 14.4. The van der Waals surface area contributed by atoms with Gasteiger partial charge in [-0.15, -0.1) is 11.3 Å². The van der Waals surface area contributed by atoms with Crippen LogP contribution in [0.2, 0.25) is 0 Å². The Morgan fingerprint density at radius 1 is 1.48 bits per heavy atom. The Bertz CT molecular complexity index is 757. The Hall–Kier alpha value is -2.18. The summed E-state index contributed by atoms with van der Waals surface area (Å²) in [5.74, 6) is 0.756. The van der Waals surface area contributed by atoms with Gasteiger partial charge in [0, 0.05) is 36.2 Å². The second kappa shape index (κ2) is 8.27. The van der Waals surface area contributed by atoms with Crippen LogP contribution < -0.4 is 10.5 Å². The molecule has 2 N–H and O–H groups in total. The van der Waals surface area contributed by atoms with Crippen LogP contribution >= 0.6 is 11.3 Å². The van der Waals surface area contributed by atoms with Crippen molar-refractivity contribution in [2.75, 3.05) is 13.1 Å². The van der Waals surface area contributed by atoms with E-state index in [-0.39, 0.29) is 11.9 Å². The molecule has 1 fully saturated rings. The number of hydrogen-bond donors (Lipinski definition) is 1. The van der Waals surface area contributed by atoms with Crippen LogP contribution in [-0.4, -0.2) is 34.9 Å². The molecule has 1 aliphatic rings. The average Bonchev–Trinajstić information content (AvgIpc) is 3.27. The zero-order valence-corrected chi connectivity index (χ0v) is 15.2. The Morgan fingerprint density at radius 2 is 2.32 bits per heavy atom. The summed E-state index contributed by atoms with van der Waals surface area (Å²) in [6.07, 6.45) is 5.44. The molecule has 1 aliphatic heterocycles. The predicted octanol–water partition coefficient (Wildman–Crippen LogP) is 2.99. The second-order valence-corrected chi connectivity index (χ2v) is 7.14. The first-order chi connectivity index (χ1) is 12.2. The third-order valence-electron chi connectivity index (χ3n) is 4.30. The van der Waals surface area contributed by atoms with Crippen molar-refractivity contribution in [1.82, 2.24) is 9.88 Å². The Kier molecular flexibility index (Phi) is 5.83. The van der Waals surface area contributed by atoms with Crippen LogP contribution in [0.4, 0.5) is 0 Å². The molecule has 132 valence electrons. The van der Waals surface area contributed by atoms with E-state index in [9.17, 15) is 4.79 Å². The van der Waals surface area contributed by atoms with Gasteiger partial charge in [0.05, 0.1) is 10.7 Å². The number of thiazole rings is 1. The van der Waals surface area contributed by atoms with Gasteiger partial charge >= 0.3 is 0 Å². The molecule has 1 aromatic heterocycles. The molecule has 6 heteroatoms. The van der Waals surface area contributed by atoms with Gasteiger partial charge in [-0.25, -0.2) is 4.98 Å². The standard InChI is InChI=1S/C19H23N3O2S/c1-14-21-16(13-25-14)12-24-18-7-3-2-5-15(18)8-9-19(23)22-10-4-6-17(22)11-20/h2-3,5,7-9,13,17H,4,6,10-12,20H2,1H3/b9-8+. The van der Waals surface area contributed by atoms with Crippen LogP contribution in [0.3, 0.4) is 0 Å². The number of aromatic nitrogens is 1. The third-order valence-corrected chi connectivity index (χ3v) is 5.12. The van der Waals surface area contributed by atoms with Crippen molar-refractivity contribution < 1.29 is 9.53 Å². The molecule has 2 heterocycles. The van der Waals surface area contributed by atoms with Gasteiger partial charge in [-0.2, -0.15) is 0 Å². The molecule has 1 atom stereocenters. The molecule has 0 radical (unpaired) electrons. The van der Waals surface area contributed by atoms with Gasteiger partial charge in [-0.1, -0.05) is 18.2 Å². The molecule has 0 spiro atoms. The number of para-hydroxylation sites is 1. The fourth-order valence-corrected chi connectivity index (χ4v) is 3.60. The minimum absolute atomic E-state index is 0.0119. The summed E-state index contributed by atoms with van der Waals surface area (Å²) in [7, 11) is 0. The summed E-state index contributed by atoms with van der Waals surface area (Å²) in [6.45, 7) is 3.70. The molecule has 0 bridgehead atoms. The Balaban J connectivity index is 1.66. The number of aryl methyl sites for hydroxylation is 1. The Labute approximate surface area is 152 Å².